The Labute approximate surface area is 263 Å². The Morgan fingerprint density at radius 2 is 1.16 bits per heavy atom. The van der Waals surface area contributed by atoms with E-state index in [0.717, 1.165) is 22.3 Å². The van der Waals surface area contributed by atoms with Crippen molar-refractivity contribution in [2.24, 2.45) is 5.92 Å². The van der Waals surface area contributed by atoms with Crippen LogP contribution < -0.4 is 9.47 Å². The zero-order valence-electron chi connectivity index (χ0n) is 26.3. The van der Waals surface area contributed by atoms with Gasteiger partial charge in [0, 0.05) is 20.1 Å². The standard InChI is InChI=1S/C37H38O8/c1-23-11-7-9-13-30(23)37(43-6)31-14-10-8-12-29(31)32(42-5)24(2)33(44-35(38)25-15-19-27(40-3)20-16-25)34(37)45-36(39)26-17-21-28(41-4)22-18-26/h7-22,24,32-34H,1-6H3/t24?,32-,33+,34+,37-/m0/s1. The van der Waals surface area contributed by atoms with Gasteiger partial charge in [-0.25, -0.2) is 9.59 Å². The van der Waals surface area contributed by atoms with Crippen molar-refractivity contribution in [3.05, 3.63) is 130 Å². The molecule has 1 unspecified atom stereocenters. The van der Waals surface area contributed by atoms with Gasteiger partial charge < -0.3 is 28.4 Å². The summed E-state index contributed by atoms with van der Waals surface area (Å²) in [6.07, 6.45) is -2.69. The average Bonchev–Trinajstić information content (AvgIpc) is 3.15. The van der Waals surface area contributed by atoms with Crippen molar-refractivity contribution >= 4 is 11.9 Å². The minimum absolute atomic E-state index is 0.305. The molecule has 0 aromatic heterocycles. The SMILES string of the molecule is COc1ccc(C(=O)O[C@@H]2C(C)[C@H](OC)c3ccccc3[C@@](OC)(c3ccccc3C)[C@@H]2OC(=O)c2ccc(OC)cc2)cc1. The lowest BCUT2D eigenvalue weighted by atomic mass is 9.76. The summed E-state index contributed by atoms with van der Waals surface area (Å²) in [4.78, 5) is 27.8. The number of hydrogen-bond acceptors (Lipinski definition) is 8. The second kappa shape index (κ2) is 13.5. The van der Waals surface area contributed by atoms with E-state index in [1.54, 1.807) is 77.0 Å². The lowest BCUT2D eigenvalue weighted by Gasteiger charge is -2.43. The van der Waals surface area contributed by atoms with E-state index < -0.39 is 41.8 Å². The molecule has 0 N–H and O–H groups in total. The van der Waals surface area contributed by atoms with E-state index in [1.165, 1.54) is 0 Å². The fourth-order valence-corrected chi connectivity index (χ4v) is 6.31. The number of ether oxygens (including phenoxy) is 6. The number of methoxy groups -OCH3 is 4. The lowest BCUT2D eigenvalue weighted by molar-refractivity contribution is -0.150. The van der Waals surface area contributed by atoms with Crippen molar-refractivity contribution in [2.75, 3.05) is 28.4 Å². The van der Waals surface area contributed by atoms with Crippen molar-refractivity contribution in [1.29, 1.82) is 0 Å². The Morgan fingerprint density at radius 1 is 0.644 bits per heavy atom. The van der Waals surface area contributed by atoms with E-state index in [4.69, 9.17) is 28.4 Å². The van der Waals surface area contributed by atoms with E-state index in [9.17, 15) is 9.59 Å². The van der Waals surface area contributed by atoms with E-state index in [0.29, 0.717) is 22.6 Å². The Morgan fingerprint density at radius 3 is 1.67 bits per heavy atom. The maximum absolute atomic E-state index is 14.0. The van der Waals surface area contributed by atoms with Crippen molar-refractivity contribution in [3.63, 3.8) is 0 Å². The van der Waals surface area contributed by atoms with Gasteiger partial charge in [-0.1, -0.05) is 55.5 Å². The van der Waals surface area contributed by atoms with Crippen molar-refractivity contribution in [1.82, 2.24) is 0 Å². The fraction of sp³-hybridized carbons (Fsp3) is 0.297. The maximum atomic E-state index is 14.0. The Kier molecular flexibility index (Phi) is 9.56. The minimum Gasteiger partial charge on any atom is -0.497 e. The smallest absolute Gasteiger partial charge is 0.338 e. The van der Waals surface area contributed by atoms with Crippen molar-refractivity contribution in [2.45, 2.75) is 37.8 Å². The third-order valence-corrected chi connectivity index (χ3v) is 8.61. The second-order valence-corrected chi connectivity index (χ2v) is 11.0. The van der Waals surface area contributed by atoms with Gasteiger partial charge in [0.1, 0.15) is 17.6 Å². The molecule has 234 valence electrons. The molecular formula is C37H38O8. The number of aryl methyl sites for hydroxylation is 1. The Hall–Kier alpha value is -4.66. The number of rotatable bonds is 9. The largest absolute Gasteiger partial charge is 0.497 e. The fourth-order valence-electron chi connectivity index (χ4n) is 6.31. The molecule has 0 spiro atoms. The first-order valence-corrected chi connectivity index (χ1v) is 14.7. The molecular weight excluding hydrogens is 572 g/mol. The summed E-state index contributed by atoms with van der Waals surface area (Å²) in [6.45, 7) is 3.90. The molecule has 5 rings (SSSR count). The summed E-state index contributed by atoms with van der Waals surface area (Å²) < 4.78 is 36.1. The highest BCUT2D eigenvalue weighted by Crippen LogP contribution is 2.51. The molecule has 0 heterocycles. The Bertz CT molecular complexity index is 1630. The van der Waals surface area contributed by atoms with Gasteiger partial charge in [0.05, 0.1) is 31.5 Å². The van der Waals surface area contributed by atoms with Crippen LogP contribution in [-0.2, 0) is 24.5 Å². The molecule has 8 nitrogen and oxygen atoms in total. The van der Waals surface area contributed by atoms with E-state index in [-0.39, 0.29) is 0 Å². The van der Waals surface area contributed by atoms with Crippen LogP contribution in [0.4, 0.5) is 0 Å². The van der Waals surface area contributed by atoms with E-state index in [1.807, 2.05) is 62.4 Å². The van der Waals surface area contributed by atoms with E-state index in [2.05, 4.69) is 0 Å². The van der Waals surface area contributed by atoms with Gasteiger partial charge >= 0.3 is 11.9 Å². The van der Waals surface area contributed by atoms with Gasteiger partial charge in [-0.05, 0) is 77.7 Å². The van der Waals surface area contributed by atoms with Crippen LogP contribution in [0.1, 0.15) is 56.0 Å². The van der Waals surface area contributed by atoms with Gasteiger partial charge in [0.2, 0.25) is 0 Å². The van der Waals surface area contributed by atoms with Crippen LogP contribution in [0.25, 0.3) is 0 Å². The second-order valence-electron chi connectivity index (χ2n) is 11.0. The molecule has 0 fully saturated rings. The lowest BCUT2D eigenvalue weighted by Crippen LogP contribution is -2.54. The highest BCUT2D eigenvalue weighted by molar-refractivity contribution is 5.91. The van der Waals surface area contributed by atoms with Gasteiger partial charge in [0.25, 0.3) is 0 Å². The van der Waals surface area contributed by atoms with Crippen LogP contribution >= 0.6 is 0 Å². The molecule has 0 aliphatic heterocycles. The zero-order chi connectivity index (χ0) is 32.1. The van der Waals surface area contributed by atoms with Gasteiger partial charge in [-0.2, -0.15) is 0 Å². The number of hydrogen-bond donors (Lipinski definition) is 0. The molecule has 8 heteroatoms. The minimum atomic E-state index is -1.39. The highest BCUT2D eigenvalue weighted by atomic mass is 16.6. The van der Waals surface area contributed by atoms with Gasteiger partial charge in [-0.3, -0.25) is 0 Å². The first-order chi connectivity index (χ1) is 21.8. The molecule has 0 saturated heterocycles. The van der Waals surface area contributed by atoms with Crippen LogP contribution in [0.5, 0.6) is 11.5 Å². The molecule has 4 aromatic rings. The van der Waals surface area contributed by atoms with Crippen LogP contribution in [0, 0.1) is 12.8 Å². The van der Waals surface area contributed by atoms with Crippen LogP contribution in [0.2, 0.25) is 0 Å². The number of fused-ring (bicyclic) bond motifs is 1. The van der Waals surface area contributed by atoms with Gasteiger partial charge in [0.15, 0.2) is 11.7 Å². The van der Waals surface area contributed by atoms with Crippen molar-refractivity contribution in [3.8, 4) is 11.5 Å². The van der Waals surface area contributed by atoms with Crippen LogP contribution in [0.15, 0.2) is 97.1 Å². The summed E-state index contributed by atoms with van der Waals surface area (Å²) in [5, 5.41) is 0. The number of esters is 2. The summed E-state index contributed by atoms with van der Waals surface area (Å²) in [5.41, 5.74) is 2.49. The first-order valence-electron chi connectivity index (χ1n) is 14.7. The molecule has 0 amide bonds. The molecule has 45 heavy (non-hydrogen) atoms. The zero-order valence-corrected chi connectivity index (χ0v) is 26.3. The number of carbonyl (C=O) groups excluding carboxylic acids is 2. The molecule has 1 aliphatic carbocycles. The molecule has 0 bridgehead atoms. The third kappa shape index (κ3) is 5.91. The van der Waals surface area contributed by atoms with E-state index >= 15 is 0 Å². The number of benzene rings is 4. The molecule has 0 radical (unpaired) electrons. The molecule has 0 saturated carbocycles. The quantitative estimate of drug-likeness (QED) is 0.153. The monoisotopic (exact) mass is 610 g/mol. The van der Waals surface area contributed by atoms with Crippen molar-refractivity contribution < 1.29 is 38.0 Å². The van der Waals surface area contributed by atoms with Crippen LogP contribution in [-0.4, -0.2) is 52.6 Å². The average molecular weight is 611 g/mol. The van der Waals surface area contributed by atoms with Crippen LogP contribution in [0.3, 0.4) is 0 Å². The summed E-state index contributed by atoms with van der Waals surface area (Å²) >= 11 is 0. The first kappa shape index (κ1) is 31.8. The van der Waals surface area contributed by atoms with Gasteiger partial charge in [-0.15, -0.1) is 0 Å². The third-order valence-electron chi connectivity index (χ3n) is 8.61. The Balaban J connectivity index is 1.73. The predicted molar refractivity (Wildman–Crippen MR) is 169 cm³/mol. The summed E-state index contributed by atoms with van der Waals surface area (Å²) in [5.74, 6) is -0.468. The predicted octanol–water partition coefficient (Wildman–Crippen LogP) is 6.69. The molecule has 4 aromatic carbocycles. The summed E-state index contributed by atoms with van der Waals surface area (Å²) in [6, 6.07) is 28.8. The molecule has 5 atom stereocenters. The highest BCUT2D eigenvalue weighted by Gasteiger charge is 2.57. The summed E-state index contributed by atoms with van der Waals surface area (Å²) in [7, 11) is 6.31. The maximum Gasteiger partial charge on any atom is 0.338 e. The molecule has 1 aliphatic rings. The topological polar surface area (TPSA) is 89.5 Å². The normalized spacial score (nSPS) is 22.4. The number of carbonyl (C=O) groups is 2.